The number of hydrogen-bond acceptors (Lipinski definition) is 0. The molecule has 0 aliphatic carbocycles. The van der Waals surface area contributed by atoms with Gasteiger partial charge < -0.3 is 0 Å². The van der Waals surface area contributed by atoms with Gasteiger partial charge in [0.25, 0.3) is 0 Å². The first-order valence-electron chi connectivity index (χ1n) is 2.91. The minimum absolute atomic E-state index is 0.503. The molecule has 0 spiro atoms. The molecular formula is C8H14Ru. The molecule has 0 atom stereocenters. The van der Waals surface area contributed by atoms with Gasteiger partial charge in [0.2, 0.25) is 0 Å². The molecule has 0 unspecified atom stereocenters. The van der Waals surface area contributed by atoms with Gasteiger partial charge >= 0.3 is 65.3 Å². The Bertz CT molecular complexity index is 99.7. The molecule has 0 N–H and O–H groups in total. The van der Waals surface area contributed by atoms with Gasteiger partial charge in [0.1, 0.15) is 0 Å². The van der Waals surface area contributed by atoms with Crippen LogP contribution in [0.15, 0.2) is 24.3 Å². The van der Waals surface area contributed by atoms with Crippen LogP contribution in [0.3, 0.4) is 0 Å². The molecule has 0 rings (SSSR count). The van der Waals surface area contributed by atoms with E-state index in [0.29, 0.717) is 17.1 Å². The summed E-state index contributed by atoms with van der Waals surface area (Å²) in [5, 5.41) is 2.47. The van der Waals surface area contributed by atoms with Crippen LogP contribution in [-0.2, 0) is 17.1 Å². The standard InChI is InChI=1S/2C4H7.Ru/c2*1-4(2)3;/h2*1-2H2,3H3;. The average molecular weight is 211 g/mol. The maximum atomic E-state index is 3.84. The molecule has 0 saturated carbocycles. The second-order valence-corrected chi connectivity index (χ2v) is 4.44. The summed E-state index contributed by atoms with van der Waals surface area (Å²) >= 11 is 0.503. The van der Waals surface area contributed by atoms with E-state index in [2.05, 4.69) is 27.0 Å². The van der Waals surface area contributed by atoms with Crippen molar-refractivity contribution in [3.63, 3.8) is 0 Å². The Morgan fingerprint density at radius 2 is 1.44 bits per heavy atom. The fourth-order valence-electron chi connectivity index (χ4n) is 0.346. The normalized spacial score (nSPS) is 9.56. The van der Waals surface area contributed by atoms with E-state index in [-0.39, 0.29) is 0 Å². The van der Waals surface area contributed by atoms with Crippen LogP contribution in [-0.4, -0.2) is 0 Å². The van der Waals surface area contributed by atoms with Crippen molar-refractivity contribution in [2.45, 2.75) is 23.9 Å². The van der Waals surface area contributed by atoms with E-state index >= 15 is 0 Å². The molecule has 9 heavy (non-hydrogen) atoms. The summed E-state index contributed by atoms with van der Waals surface area (Å²) in [7, 11) is 0. The zero-order valence-electron chi connectivity index (χ0n) is 6.18. The summed E-state index contributed by atoms with van der Waals surface area (Å²) < 4.78 is 0. The van der Waals surface area contributed by atoms with Crippen molar-refractivity contribution < 1.29 is 17.1 Å². The molecular weight excluding hydrogens is 197 g/mol. The van der Waals surface area contributed by atoms with Gasteiger partial charge in [-0.05, 0) is 0 Å². The summed E-state index contributed by atoms with van der Waals surface area (Å²) in [5.74, 6) is 0. The van der Waals surface area contributed by atoms with Crippen LogP contribution in [0.2, 0.25) is 10.0 Å². The Hall–Kier alpha value is 0.103. The molecule has 0 radical (unpaired) electrons. The monoisotopic (exact) mass is 212 g/mol. The van der Waals surface area contributed by atoms with Crippen LogP contribution in [0.5, 0.6) is 0 Å². The average Bonchev–Trinajstić information content (AvgIpc) is 1.63. The van der Waals surface area contributed by atoms with E-state index < -0.39 is 0 Å². The van der Waals surface area contributed by atoms with Crippen molar-refractivity contribution in [1.29, 1.82) is 0 Å². The van der Waals surface area contributed by atoms with Crippen molar-refractivity contribution in [2.24, 2.45) is 0 Å². The Kier molecular flexibility index (Phi) is 4.99. The van der Waals surface area contributed by atoms with Gasteiger partial charge in [0.15, 0.2) is 0 Å². The van der Waals surface area contributed by atoms with E-state index in [1.54, 1.807) is 0 Å². The molecule has 0 fully saturated rings. The van der Waals surface area contributed by atoms with Crippen LogP contribution in [0.25, 0.3) is 0 Å². The maximum absolute atomic E-state index is 3.84. The third-order valence-corrected chi connectivity index (χ3v) is 3.57. The molecule has 0 aromatic heterocycles. The zero-order chi connectivity index (χ0) is 7.28. The molecule has 0 aliphatic rings. The van der Waals surface area contributed by atoms with Crippen molar-refractivity contribution >= 4 is 0 Å². The first kappa shape index (κ1) is 9.10. The Labute approximate surface area is 65.6 Å². The first-order chi connectivity index (χ1) is 4.13. The van der Waals surface area contributed by atoms with Crippen LogP contribution in [0.1, 0.15) is 13.8 Å². The zero-order valence-corrected chi connectivity index (χ0v) is 7.92. The Balaban J connectivity index is 3.10. The fraction of sp³-hybridized carbons (Fsp3) is 0.500. The second kappa shape index (κ2) is 4.93. The molecule has 0 aromatic rings. The van der Waals surface area contributed by atoms with Gasteiger partial charge in [0, 0.05) is 0 Å². The predicted octanol–water partition coefficient (Wildman–Crippen LogP) is 3.06. The van der Waals surface area contributed by atoms with Gasteiger partial charge in [-0.25, -0.2) is 0 Å². The topological polar surface area (TPSA) is 0 Å². The molecule has 0 amide bonds. The third-order valence-electron chi connectivity index (χ3n) is 0.604. The van der Waals surface area contributed by atoms with Gasteiger partial charge in [0.05, 0.1) is 0 Å². The SMILES string of the molecule is C=C(C)[CH2][Ru][CH2]C(=C)C. The minimum atomic E-state index is 0.503. The van der Waals surface area contributed by atoms with E-state index in [1.807, 2.05) is 0 Å². The van der Waals surface area contributed by atoms with Crippen molar-refractivity contribution in [3.8, 4) is 0 Å². The van der Waals surface area contributed by atoms with E-state index in [4.69, 9.17) is 0 Å². The van der Waals surface area contributed by atoms with E-state index in [1.165, 1.54) is 21.2 Å². The van der Waals surface area contributed by atoms with Crippen LogP contribution in [0, 0.1) is 0 Å². The molecule has 0 aliphatic heterocycles. The molecule has 0 heterocycles. The molecule has 0 bridgehead atoms. The predicted molar refractivity (Wildman–Crippen MR) is 39.2 cm³/mol. The van der Waals surface area contributed by atoms with Gasteiger partial charge in [-0.1, -0.05) is 0 Å². The van der Waals surface area contributed by atoms with Crippen LogP contribution in [0.4, 0.5) is 0 Å². The van der Waals surface area contributed by atoms with Crippen LogP contribution < -0.4 is 0 Å². The Morgan fingerprint density at radius 1 is 1.11 bits per heavy atom. The molecule has 0 saturated heterocycles. The molecule has 0 nitrogen and oxygen atoms in total. The summed E-state index contributed by atoms with van der Waals surface area (Å²) in [6, 6.07) is 0. The number of hydrogen-bond donors (Lipinski definition) is 0. The molecule has 0 aromatic carbocycles. The number of rotatable bonds is 4. The first-order valence-corrected chi connectivity index (χ1v) is 5.37. The van der Waals surface area contributed by atoms with Crippen molar-refractivity contribution in [1.82, 2.24) is 0 Å². The second-order valence-electron chi connectivity index (χ2n) is 2.34. The van der Waals surface area contributed by atoms with Gasteiger partial charge in [-0.3, -0.25) is 0 Å². The van der Waals surface area contributed by atoms with E-state index in [0.717, 1.165) is 0 Å². The van der Waals surface area contributed by atoms with Crippen molar-refractivity contribution in [3.05, 3.63) is 24.3 Å². The summed E-state index contributed by atoms with van der Waals surface area (Å²) in [6.07, 6.45) is 0. The quantitative estimate of drug-likeness (QED) is 0.495. The summed E-state index contributed by atoms with van der Waals surface area (Å²) in [4.78, 5) is 0. The van der Waals surface area contributed by atoms with E-state index in [9.17, 15) is 0 Å². The van der Waals surface area contributed by atoms with Crippen molar-refractivity contribution in [2.75, 3.05) is 0 Å². The third kappa shape index (κ3) is 8.10. The summed E-state index contributed by atoms with van der Waals surface area (Å²) in [5.41, 5.74) is 2.63. The number of allylic oxidation sites excluding steroid dienone is 2. The molecule has 54 valence electrons. The Morgan fingerprint density at radius 3 is 1.67 bits per heavy atom. The van der Waals surface area contributed by atoms with Gasteiger partial charge in [-0.2, -0.15) is 0 Å². The molecule has 1 heteroatoms. The fourth-order valence-corrected chi connectivity index (χ4v) is 2.05. The van der Waals surface area contributed by atoms with Crippen LogP contribution >= 0.6 is 0 Å². The van der Waals surface area contributed by atoms with Gasteiger partial charge in [-0.15, -0.1) is 0 Å². The summed E-state index contributed by atoms with van der Waals surface area (Å²) in [6.45, 7) is 11.9.